The van der Waals surface area contributed by atoms with Gasteiger partial charge in [-0.1, -0.05) is 30.3 Å². The predicted molar refractivity (Wildman–Crippen MR) is 119 cm³/mol. The van der Waals surface area contributed by atoms with Gasteiger partial charge in [-0.15, -0.1) is 0 Å². The first-order chi connectivity index (χ1) is 14.6. The van der Waals surface area contributed by atoms with E-state index >= 15 is 0 Å². The predicted octanol–water partition coefficient (Wildman–Crippen LogP) is 3.55. The Morgan fingerprint density at radius 3 is 2.43 bits per heavy atom. The summed E-state index contributed by atoms with van der Waals surface area (Å²) >= 11 is 0. The summed E-state index contributed by atoms with van der Waals surface area (Å²) in [5.41, 5.74) is 2.41. The van der Waals surface area contributed by atoms with Crippen LogP contribution in [0.15, 0.2) is 48.5 Å². The second-order valence-electron chi connectivity index (χ2n) is 7.82. The third-order valence-electron chi connectivity index (χ3n) is 5.62. The number of nitrogens with one attached hydrogen (secondary N) is 1. The average Bonchev–Trinajstić information content (AvgIpc) is 2.78. The molecule has 0 saturated carbocycles. The van der Waals surface area contributed by atoms with Crippen LogP contribution in [0.25, 0.3) is 0 Å². The molecule has 1 aliphatic heterocycles. The SMILES string of the molecule is COc1ccc(OC)c(CN2CCN(C(=O)N[C@H](C)CCc3ccccc3)CC2)c1. The van der Waals surface area contributed by atoms with Crippen LogP contribution >= 0.6 is 0 Å². The maximum absolute atomic E-state index is 12.6. The lowest BCUT2D eigenvalue weighted by Crippen LogP contribution is -2.52. The van der Waals surface area contributed by atoms with Gasteiger partial charge >= 0.3 is 6.03 Å². The van der Waals surface area contributed by atoms with Gasteiger partial charge in [0.2, 0.25) is 0 Å². The Kier molecular flexibility index (Phi) is 7.97. The van der Waals surface area contributed by atoms with Crippen LogP contribution < -0.4 is 14.8 Å². The summed E-state index contributed by atoms with van der Waals surface area (Å²) in [6.45, 7) is 5.99. The fourth-order valence-corrected chi connectivity index (χ4v) is 3.76. The standard InChI is InChI=1S/C24H33N3O3/c1-19(9-10-20-7-5-4-6-8-20)25-24(28)27-15-13-26(14-16-27)18-21-17-22(29-2)11-12-23(21)30-3/h4-8,11-12,17,19H,9-10,13-16,18H2,1-3H3,(H,25,28)/t19-/m1/s1. The van der Waals surface area contributed by atoms with E-state index in [4.69, 9.17) is 9.47 Å². The van der Waals surface area contributed by atoms with Crippen LogP contribution in [0.5, 0.6) is 11.5 Å². The summed E-state index contributed by atoms with van der Waals surface area (Å²) in [5.74, 6) is 1.69. The topological polar surface area (TPSA) is 54.0 Å². The molecular formula is C24H33N3O3. The summed E-state index contributed by atoms with van der Waals surface area (Å²) in [6, 6.07) is 16.4. The van der Waals surface area contributed by atoms with Crippen LogP contribution in [-0.4, -0.2) is 62.3 Å². The van der Waals surface area contributed by atoms with E-state index in [1.54, 1.807) is 14.2 Å². The monoisotopic (exact) mass is 411 g/mol. The third-order valence-corrected chi connectivity index (χ3v) is 5.62. The quantitative estimate of drug-likeness (QED) is 0.722. The molecule has 1 fully saturated rings. The van der Waals surface area contributed by atoms with Crippen molar-refractivity contribution in [1.29, 1.82) is 0 Å². The molecule has 1 N–H and O–H groups in total. The first-order valence-electron chi connectivity index (χ1n) is 10.6. The number of hydrogen-bond donors (Lipinski definition) is 1. The first kappa shape index (κ1) is 22.0. The van der Waals surface area contributed by atoms with Crippen molar-refractivity contribution in [1.82, 2.24) is 15.1 Å². The summed E-state index contributed by atoms with van der Waals surface area (Å²) in [5, 5.41) is 3.15. The van der Waals surface area contributed by atoms with Gasteiger partial charge in [0.05, 0.1) is 14.2 Å². The fourth-order valence-electron chi connectivity index (χ4n) is 3.76. The van der Waals surface area contributed by atoms with Gasteiger partial charge in [0.25, 0.3) is 0 Å². The molecule has 0 bridgehead atoms. The van der Waals surface area contributed by atoms with Crippen LogP contribution in [0.1, 0.15) is 24.5 Å². The van der Waals surface area contributed by atoms with Crippen molar-refractivity contribution < 1.29 is 14.3 Å². The second-order valence-corrected chi connectivity index (χ2v) is 7.82. The van der Waals surface area contributed by atoms with Crippen molar-refractivity contribution in [2.45, 2.75) is 32.4 Å². The number of piperazine rings is 1. The number of ether oxygens (including phenoxy) is 2. The molecule has 0 aromatic heterocycles. The smallest absolute Gasteiger partial charge is 0.317 e. The molecule has 2 aromatic rings. The maximum Gasteiger partial charge on any atom is 0.317 e. The summed E-state index contributed by atoms with van der Waals surface area (Å²) in [4.78, 5) is 16.9. The van der Waals surface area contributed by atoms with E-state index in [1.165, 1.54) is 5.56 Å². The molecule has 0 aliphatic carbocycles. The van der Waals surface area contributed by atoms with Gasteiger partial charge < -0.3 is 19.7 Å². The third kappa shape index (κ3) is 6.13. The number of urea groups is 1. The van der Waals surface area contributed by atoms with Crippen molar-refractivity contribution >= 4 is 6.03 Å². The highest BCUT2D eigenvalue weighted by Gasteiger charge is 2.23. The van der Waals surface area contributed by atoms with Crippen LogP contribution in [0.4, 0.5) is 4.79 Å². The highest BCUT2D eigenvalue weighted by Crippen LogP contribution is 2.25. The second kappa shape index (κ2) is 10.9. The van der Waals surface area contributed by atoms with E-state index in [0.29, 0.717) is 0 Å². The minimum Gasteiger partial charge on any atom is -0.497 e. The van der Waals surface area contributed by atoms with Gasteiger partial charge in [0.15, 0.2) is 0 Å². The molecule has 0 radical (unpaired) electrons. The fraction of sp³-hybridized carbons (Fsp3) is 0.458. The molecular weight excluding hydrogens is 378 g/mol. The molecule has 0 spiro atoms. The molecule has 2 aromatic carbocycles. The Morgan fingerprint density at radius 2 is 1.77 bits per heavy atom. The van der Waals surface area contributed by atoms with Crippen molar-refractivity contribution in [3.8, 4) is 11.5 Å². The van der Waals surface area contributed by atoms with Crippen LogP contribution in [0.3, 0.4) is 0 Å². The number of amides is 2. The summed E-state index contributed by atoms with van der Waals surface area (Å²) in [7, 11) is 3.36. The zero-order chi connectivity index (χ0) is 21.3. The molecule has 1 heterocycles. The number of carbonyl (C=O) groups excluding carboxylic acids is 1. The summed E-state index contributed by atoms with van der Waals surface area (Å²) < 4.78 is 10.8. The van der Waals surface area contributed by atoms with Gasteiger partial charge in [0.1, 0.15) is 11.5 Å². The van der Waals surface area contributed by atoms with Crippen molar-refractivity contribution in [2.24, 2.45) is 0 Å². The van der Waals surface area contributed by atoms with Gasteiger partial charge in [-0.25, -0.2) is 4.79 Å². The van der Waals surface area contributed by atoms with Gasteiger partial charge in [-0.3, -0.25) is 4.90 Å². The lowest BCUT2D eigenvalue weighted by molar-refractivity contribution is 0.132. The number of aryl methyl sites for hydroxylation is 1. The molecule has 162 valence electrons. The molecule has 0 unspecified atom stereocenters. The number of benzene rings is 2. The van der Waals surface area contributed by atoms with E-state index in [0.717, 1.165) is 62.6 Å². The molecule has 3 rings (SSSR count). The normalized spacial score (nSPS) is 15.5. The lowest BCUT2D eigenvalue weighted by Gasteiger charge is -2.35. The Morgan fingerprint density at radius 1 is 1.03 bits per heavy atom. The van der Waals surface area contributed by atoms with E-state index in [2.05, 4.69) is 41.4 Å². The van der Waals surface area contributed by atoms with E-state index in [-0.39, 0.29) is 12.1 Å². The molecule has 1 saturated heterocycles. The highest BCUT2D eigenvalue weighted by atomic mass is 16.5. The zero-order valence-electron chi connectivity index (χ0n) is 18.3. The maximum atomic E-state index is 12.6. The highest BCUT2D eigenvalue weighted by molar-refractivity contribution is 5.74. The first-order valence-corrected chi connectivity index (χ1v) is 10.6. The molecule has 6 nitrogen and oxygen atoms in total. The average molecular weight is 412 g/mol. The van der Waals surface area contributed by atoms with Gasteiger partial charge in [-0.2, -0.15) is 0 Å². The van der Waals surface area contributed by atoms with Gasteiger partial charge in [-0.05, 0) is 43.5 Å². The van der Waals surface area contributed by atoms with Gasteiger partial charge in [0, 0.05) is 44.3 Å². The molecule has 30 heavy (non-hydrogen) atoms. The summed E-state index contributed by atoms with van der Waals surface area (Å²) in [6.07, 6.45) is 1.91. The van der Waals surface area contributed by atoms with E-state index < -0.39 is 0 Å². The number of carbonyl (C=O) groups is 1. The number of hydrogen-bond acceptors (Lipinski definition) is 4. The Hall–Kier alpha value is -2.73. The number of rotatable bonds is 8. The Labute approximate surface area is 179 Å². The molecule has 1 aliphatic rings. The number of nitrogens with zero attached hydrogens (tertiary/aromatic N) is 2. The molecule has 1 atom stereocenters. The Balaban J connectivity index is 1.44. The number of methoxy groups -OCH3 is 2. The van der Waals surface area contributed by atoms with Crippen molar-refractivity contribution in [3.05, 3.63) is 59.7 Å². The zero-order valence-corrected chi connectivity index (χ0v) is 18.3. The molecule has 2 amide bonds. The largest absolute Gasteiger partial charge is 0.497 e. The van der Waals surface area contributed by atoms with Crippen LogP contribution in [-0.2, 0) is 13.0 Å². The van der Waals surface area contributed by atoms with Crippen molar-refractivity contribution in [3.63, 3.8) is 0 Å². The Bertz CT molecular complexity index is 805. The van der Waals surface area contributed by atoms with Crippen LogP contribution in [0.2, 0.25) is 0 Å². The molecule has 6 heteroatoms. The van der Waals surface area contributed by atoms with Crippen molar-refractivity contribution in [2.75, 3.05) is 40.4 Å². The van der Waals surface area contributed by atoms with E-state index in [1.807, 2.05) is 29.2 Å². The van der Waals surface area contributed by atoms with E-state index in [9.17, 15) is 4.79 Å². The minimum absolute atomic E-state index is 0.0363. The van der Waals surface area contributed by atoms with Crippen LogP contribution in [0, 0.1) is 0 Å². The lowest BCUT2D eigenvalue weighted by atomic mass is 10.1. The minimum atomic E-state index is 0.0363.